The minimum absolute atomic E-state index is 0.0355. The fraction of sp³-hybridized carbons (Fsp3) is 0.700. The van der Waals surface area contributed by atoms with Crippen LogP contribution in [0.2, 0.25) is 13.1 Å². The van der Waals surface area contributed by atoms with Crippen LogP contribution in [0, 0.1) is 10.1 Å². The van der Waals surface area contributed by atoms with Gasteiger partial charge < -0.3 is 13.6 Å². The molecule has 0 amide bonds. The van der Waals surface area contributed by atoms with Crippen LogP contribution in [0.3, 0.4) is 0 Å². The zero-order chi connectivity index (χ0) is 14.0. The minimum Gasteiger partial charge on any atom is -0.463 e. The third kappa shape index (κ3) is 9.94. The van der Waals surface area contributed by atoms with Crippen molar-refractivity contribution in [3.05, 3.63) is 22.3 Å². The largest absolute Gasteiger partial charge is 0.463 e. The first-order chi connectivity index (χ1) is 8.37. The highest BCUT2D eigenvalue weighted by molar-refractivity contribution is 6.64. The predicted octanol–water partition coefficient (Wildman–Crippen LogP) is 1.12. The monoisotopic (exact) mass is 277 g/mol. The van der Waals surface area contributed by atoms with Gasteiger partial charge in [0.2, 0.25) is 6.54 Å². The number of hydrogen-bond acceptors (Lipinski definition) is 6. The van der Waals surface area contributed by atoms with Crippen LogP contribution in [-0.2, 0) is 18.4 Å². The lowest BCUT2D eigenvalue weighted by molar-refractivity contribution is -0.482. The van der Waals surface area contributed by atoms with E-state index >= 15 is 0 Å². The number of carbonyl (C=O) groups excluding carboxylic acids is 1. The van der Waals surface area contributed by atoms with Crippen molar-refractivity contribution in [1.82, 2.24) is 0 Å². The molecule has 18 heavy (non-hydrogen) atoms. The summed E-state index contributed by atoms with van der Waals surface area (Å²) in [7, 11) is -2.37. The first kappa shape index (κ1) is 16.7. The van der Waals surface area contributed by atoms with Gasteiger partial charge in [0.1, 0.15) is 6.61 Å². The quantitative estimate of drug-likeness (QED) is 0.206. The van der Waals surface area contributed by atoms with Gasteiger partial charge in [0.15, 0.2) is 0 Å². The molecule has 8 heteroatoms. The summed E-state index contributed by atoms with van der Waals surface area (Å²) in [6.45, 7) is 5.63. The molecule has 0 aliphatic carbocycles. The topological polar surface area (TPSA) is 87.9 Å². The molecule has 0 radical (unpaired) electrons. The zero-order valence-electron chi connectivity index (χ0n) is 10.9. The fourth-order valence-electron chi connectivity index (χ4n) is 0.991. The van der Waals surface area contributed by atoms with Crippen molar-refractivity contribution in [3.8, 4) is 0 Å². The maximum atomic E-state index is 11.0. The molecule has 0 saturated heterocycles. The Kier molecular flexibility index (Phi) is 8.17. The van der Waals surface area contributed by atoms with E-state index in [1.54, 1.807) is 20.0 Å². The van der Waals surface area contributed by atoms with E-state index in [0.29, 0.717) is 6.61 Å². The molecule has 0 fully saturated rings. The normalized spacial score (nSPS) is 11.7. The third-order valence-corrected chi connectivity index (χ3v) is 3.55. The lowest BCUT2D eigenvalue weighted by Gasteiger charge is -2.20. The summed E-state index contributed by atoms with van der Waals surface area (Å²) in [4.78, 5) is 20.6. The van der Waals surface area contributed by atoms with Crippen molar-refractivity contribution < 1.29 is 23.3 Å². The van der Waals surface area contributed by atoms with Gasteiger partial charge in [-0.25, -0.2) is 4.79 Å². The average Bonchev–Trinajstić information content (AvgIpc) is 2.24. The van der Waals surface area contributed by atoms with E-state index in [2.05, 4.69) is 4.74 Å². The van der Waals surface area contributed by atoms with Crippen LogP contribution in [0.1, 0.15) is 6.92 Å². The molecule has 0 spiro atoms. The molecular weight excluding hydrogens is 258 g/mol. The summed E-state index contributed by atoms with van der Waals surface area (Å²) in [6, 6.07) is 0. The summed E-state index contributed by atoms with van der Waals surface area (Å²) in [5, 5.41) is 10.1. The van der Waals surface area contributed by atoms with Gasteiger partial charge in [-0.05, 0) is 20.0 Å². The smallest absolute Gasteiger partial charge is 0.332 e. The molecular formula is C10H19NO6Si. The van der Waals surface area contributed by atoms with Crippen LogP contribution < -0.4 is 0 Å². The molecule has 0 aromatic heterocycles. The molecule has 0 aliphatic heterocycles. The number of carbonyl (C=O) groups is 1. The van der Waals surface area contributed by atoms with Gasteiger partial charge in [-0.2, -0.15) is 0 Å². The first-order valence-electron chi connectivity index (χ1n) is 5.60. The van der Waals surface area contributed by atoms with Gasteiger partial charge in [0, 0.05) is 11.0 Å². The highest BCUT2D eigenvalue weighted by atomic mass is 28.4. The summed E-state index contributed by atoms with van der Waals surface area (Å²) < 4.78 is 15.4. The maximum absolute atomic E-state index is 11.0. The summed E-state index contributed by atoms with van der Waals surface area (Å²) >= 11 is 0. The molecule has 0 unspecified atom stereocenters. The van der Waals surface area contributed by atoms with E-state index < -0.39 is 19.5 Å². The van der Waals surface area contributed by atoms with Gasteiger partial charge in [-0.15, -0.1) is 0 Å². The van der Waals surface area contributed by atoms with E-state index in [9.17, 15) is 14.9 Å². The molecule has 0 N–H and O–H groups in total. The molecule has 0 aromatic carbocycles. The van der Waals surface area contributed by atoms with Gasteiger partial charge >= 0.3 is 14.5 Å². The summed E-state index contributed by atoms with van der Waals surface area (Å²) in [6.07, 6.45) is 2.81. The number of rotatable bonds is 9. The Bertz CT molecular complexity index is 305. The van der Waals surface area contributed by atoms with Crippen molar-refractivity contribution in [2.45, 2.75) is 20.0 Å². The van der Waals surface area contributed by atoms with Gasteiger partial charge in [0.25, 0.3) is 0 Å². The third-order valence-electron chi connectivity index (χ3n) is 1.79. The minimum atomic E-state index is -2.37. The van der Waals surface area contributed by atoms with Gasteiger partial charge in [-0.3, -0.25) is 10.1 Å². The second-order valence-corrected chi connectivity index (χ2v) is 7.15. The van der Waals surface area contributed by atoms with E-state index in [1.807, 2.05) is 0 Å². The van der Waals surface area contributed by atoms with E-state index in [1.165, 1.54) is 12.2 Å². The van der Waals surface area contributed by atoms with Crippen LogP contribution in [0.15, 0.2) is 12.2 Å². The van der Waals surface area contributed by atoms with Crippen LogP contribution in [0.5, 0.6) is 0 Å². The molecule has 0 heterocycles. The second kappa shape index (κ2) is 8.78. The molecule has 0 bridgehead atoms. The first-order valence-corrected chi connectivity index (χ1v) is 8.42. The number of ether oxygens (including phenoxy) is 1. The van der Waals surface area contributed by atoms with Gasteiger partial charge in [0.05, 0.1) is 13.2 Å². The van der Waals surface area contributed by atoms with Crippen molar-refractivity contribution in [2.75, 3.05) is 26.4 Å². The van der Waals surface area contributed by atoms with E-state index in [0.717, 1.165) is 0 Å². The zero-order valence-corrected chi connectivity index (χ0v) is 11.9. The van der Waals surface area contributed by atoms with E-state index in [4.69, 9.17) is 8.85 Å². The average molecular weight is 277 g/mol. The molecule has 0 aromatic rings. The lowest BCUT2D eigenvalue weighted by atomic mass is 10.5. The Hall–Kier alpha value is -1.25. The number of esters is 1. The van der Waals surface area contributed by atoms with Crippen molar-refractivity contribution in [3.63, 3.8) is 0 Å². The predicted molar refractivity (Wildman–Crippen MR) is 67.0 cm³/mol. The van der Waals surface area contributed by atoms with Crippen molar-refractivity contribution in [2.24, 2.45) is 0 Å². The Morgan fingerprint density at radius 3 is 2.61 bits per heavy atom. The molecule has 0 rings (SSSR count). The van der Waals surface area contributed by atoms with E-state index in [-0.39, 0.29) is 19.8 Å². The summed E-state index contributed by atoms with van der Waals surface area (Å²) in [5.74, 6) is -0.421. The second-order valence-electron chi connectivity index (χ2n) is 3.77. The van der Waals surface area contributed by atoms with Crippen LogP contribution in [0.4, 0.5) is 0 Å². The fourth-order valence-corrected chi connectivity index (χ4v) is 2.15. The molecule has 0 saturated carbocycles. The lowest BCUT2D eigenvalue weighted by Crippen LogP contribution is -2.36. The Labute approximate surface area is 107 Å². The maximum Gasteiger partial charge on any atom is 0.332 e. The Morgan fingerprint density at radius 2 is 2.06 bits per heavy atom. The Balaban J connectivity index is 3.82. The molecule has 0 atom stereocenters. The van der Waals surface area contributed by atoms with Crippen LogP contribution in [-0.4, -0.2) is 45.8 Å². The summed E-state index contributed by atoms with van der Waals surface area (Å²) in [5.41, 5.74) is 0. The molecule has 104 valence electrons. The number of hydrogen-bond donors (Lipinski definition) is 0. The standard InChI is InChI=1S/C10H19NO6Si/c1-4-15-10(12)6-5-8-16-18(2,3)17-9-7-11(13)14/h5-6H,4,7-9H2,1-3H3/b6-5+. The van der Waals surface area contributed by atoms with Gasteiger partial charge in [-0.1, -0.05) is 6.08 Å². The highest BCUT2D eigenvalue weighted by Crippen LogP contribution is 2.06. The SMILES string of the molecule is CCOC(=O)/C=C/CO[Si](C)(C)OCC[N+](=O)[O-]. The number of nitro groups is 1. The number of nitrogens with zero attached hydrogens (tertiary/aromatic N) is 1. The molecule has 7 nitrogen and oxygen atoms in total. The van der Waals surface area contributed by atoms with Crippen LogP contribution in [0.25, 0.3) is 0 Å². The van der Waals surface area contributed by atoms with Crippen molar-refractivity contribution in [1.29, 1.82) is 0 Å². The van der Waals surface area contributed by atoms with Crippen molar-refractivity contribution >= 4 is 14.5 Å². The Morgan fingerprint density at radius 1 is 1.39 bits per heavy atom. The van der Waals surface area contributed by atoms with Crippen LogP contribution >= 0.6 is 0 Å². The highest BCUT2D eigenvalue weighted by Gasteiger charge is 2.24. The molecule has 0 aliphatic rings.